The molecule has 1 atom stereocenters. The van der Waals surface area contributed by atoms with Gasteiger partial charge in [-0.1, -0.05) is 0 Å². The lowest BCUT2D eigenvalue weighted by atomic mass is 10.3. The molecular weight excluding hydrogens is 260 g/mol. The minimum Gasteiger partial charge on any atom is -0.306 e. The highest BCUT2D eigenvalue weighted by atomic mass is 127. The Kier molecular flexibility index (Phi) is 2.80. The van der Waals surface area contributed by atoms with E-state index in [-0.39, 0.29) is 0 Å². The van der Waals surface area contributed by atoms with E-state index in [2.05, 4.69) is 27.1 Å². The Morgan fingerprint density at radius 3 is 3.00 bits per heavy atom. The Morgan fingerprint density at radius 2 is 2.60 bits per heavy atom. The largest absolute Gasteiger partial charge is 0.306 e. The van der Waals surface area contributed by atoms with Crippen molar-refractivity contribution in [1.82, 2.24) is 9.55 Å². The molecule has 0 aliphatic carbocycles. The fourth-order valence-electron chi connectivity index (χ4n) is 0.682. The lowest BCUT2D eigenvalue weighted by Gasteiger charge is -1.95. The highest BCUT2D eigenvalue weighted by Gasteiger charge is 2.01. The number of rotatable bonds is 2. The molecule has 5 heteroatoms. The second-order valence-electron chi connectivity index (χ2n) is 1.85. The summed E-state index contributed by atoms with van der Waals surface area (Å²) >= 11 is 2.24. The smallest absolute Gasteiger partial charge is 0.0861 e. The van der Waals surface area contributed by atoms with Crippen LogP contribution in [0.5, 0.6) is 0 Å². The molecule has 0 saturated heterocycles. The Balaban J connectivity index is 3.12. The van der Waals surface area contributed by atoms with Gasteiger partial charge in [-0.3, -0.25) is 0 Å². The van der Waals surface area contributed by atoms with Crippen LogP contribution in [-0.4, -0.2) is 15.8 Å². The third-order valence-electron chi connectivity index (χ3n) is 1.22. The van der Waals surface area contributed by atoms with Crippen LogP contribution >= 0.6 is 28.4 Å². The Bertz CT molecular complexity index is 245. The Labute approximate surface area is 74.0 Å². The first kappa shape index (κ1) is 8.14. The van der Waals surface area contributed by atoms with Crippen LogP contribution in [0.15, 0.2) is 6.20 Å². The van der Waals surface area contributed by atoms with E-state index in [0.29, 0.717) is 6.37 Å². The van der Waals surface area contributed by atoms with E-state index in [9.17, 15) is 0 Å². The van der Waals surface area contributed by atoms with Crippen LogP contribution in [0.2, 0.25) is 0 Å². The third-order valence-corrected chi connectivity index (χ3v) is 3.10. The van der Waals surface area contributed by atoms with Gasteiger partial charge in [0.1, 0.15) is 0 Å². The fourth-order valence-corrected chi connectivity index (χ4v) is 2.27. The number of nitrogens with one attached hydrogen (secondary N) is 1. The minimum absolute atomic E-state index is 0.581. The minimum atomic E-state index is 0.581. The van der Waals surface area contributed by atoms with Gasteiger partial charge in [0.15, 0.2) is 0 Å². The summed E-state index contributed by atoms with van der Waals surface area (Å²) in [4.78, 5) is 0. The molecule has 0 radical (unpaired) electrons. The topological polar surface area (TPSA) is 41.7 Å². The number of hydrogen-bond acceptors (Lipinski definition) is 2. The zero-order chi connectivity index (χ0) is 7.56. The van der Waals surface area contributed by atoms with E-state index < -0.39 is 0 Å². The summed E-state index contributed by atoms with van der Waals surface area (Å²) in [7, 11) is 0. The van der Waals surface area contributed by atoms with E-state index in [0.717, 1.165) is 11.3 Å². The second-order valence-corrected chi connectivity index (χ2v) is 3.89. The van der Waals surface area contributed by atoms with Crippen molar-refractivity contribution in [3.63, 3.8) is 0 Å². The average Bonchev–Trinajstić information content (AvgIpc) is 2.30. The van der Waals surface area contributed by atoms with Gasteiger partial charge in [0.25, 0.3) is 0 Å². The molecule has 1 rings (SSSR count). The van der Waals surface area contributed by atoms with E-state index in [1.165, 1.54) is 6.21 Å². The van der Waals surface area contributed by atoms with Gasteiger partial charge in [0.2, 0.25) is 0 Å². The fraction of sp³-hybridized carbons (Fsp3) is 0.200. The molecule has 0 fully saturated rings. The van der Waals surface area contributed by atoms with Crippen molar-refractivity contribution < 1.29 is 0 Å². The number of hydrogen-bond donors (Lipinski definition) is 1. The molecule has 0 spiro atoms. The molecule has 1 unspecified atom stereocenters. The lowest BCUT2D eigenvalue weighted by molar-refractivity contribution is 1.00. The van der Waals surface area contributed by atoms with Crippen LogP contribution in [0.3, 0.4) is 0 Å². The normalized spacial score (nSPS) is 11.0. The van der Waals surface area contributed by atoms with Gasteiger partial charge in [0, 0.05) is 6.21 Å². The quantitative estimate of drug-likeness (QED) is 0.497. The molecule has 0 amide bonds. The van der Waals surface area contributed by atoms with Crippen LogP contribution in [0.4, 0.5) is 0 Å². The predicted octanol–water partition coefficient (Wildman–Crippen LogP) is 1.98. The molecule has 1 aromatic rings. The SMILES string of the molecule is Cc1cnn(PI)c1C=N. The Hall–Kier alpha value is 0.0400. The van der Waals surface area contributed by atoms with Gasteiger partial charge < -0.3 is 5.41 Å². The summed E-state index contributed by atoms with van der Waals surface area (Å²) < 4.78 is 1.82. The van der Waals surface area contributed by atoms with E-state index in [1.807, 2.05) is 11.4 Å². The van der Waals surface area contributed by atoms with Crippen molar-refractivity contribution in [2.24, 2.45) is 0 Å². The van der Waals surface area contributed by atoms with E-state index in [4.69, 9.17) is 5.41 Å². The standard InChI is InChI=1S/C5H7IN3P/c1-4-3-8-9(10-6)5(4)2-7/h2-3,7,10H,1H3. The summed E-state index contributed by atoms with van der Waals surface area (Å²) in [5.41, 5.74) is 1.98. The van der Waals surface area contributed by atoms with Crippen molar-refractivity contribution in [2.45, 2.75) is 6.92 Å². The lowest BCUT2D eigenvalue weighted by Crippen LogP contribution is -1.91. The molecule has 0 aliphatic heterocycles. The van der Waals surface area contributed by atoms with Crippen molar-refractivity contribution in [1.29, 1.82) is 5.41 Å². The molecule has 3 nitrogen and oxygen atoms in total. The first-order valence-electron chi connectivity index (χ1n) is 2.71. The zero-order valence-electron chi connectivity index (χ0n) is 5.43. The molecule has 1 N–H and O–H groups in total. The van der Waals surface area contributed by atoms with Crippen LogP contribution in [0.1, 0.15) is 11.3 Å². The van der Waals surface area contributed by atoms with Gasteiger partial charge in [-0.25, -0.2) is 4.45 Å². The van der Waals surface area contributed by atoms with Crippen LogP contribution in [0, 0.1) is 12.3 Å². The highest BCUT2D eigenvalue weighted by molar-refractivity contribution is 14.2. The van der Waals surface area contributed by atoms with Gasteiger partial charge in [-0.2, -0.15) is 5.10 Å². The number of aromatic nitrogens is 2. The van der Waals surface area contributed by atoms with Gasteiger partial charge >= 0.3 is 0 Å². The van der Waals surface area contributed by atoms with E-state index in [1.54, 1.807) is 6.20 Å². The van der Waals surface area contributed by atoms with Gasteiger partial charge in [-0.15, -0.1) is 0 Å². The summed E-state index contributed by atoms with van der Waals surface area (Å²) in [5, 5.41) is 11.1. The summed E-state index contributed by atoms with van der Waals surface area (Å²) in [5.74, 6) is 0. The van der Waals surface area contributed by atoms with Crippen LogP contribution in [-0.2, 0) is 0 Å². The van der Waals surface area contributed by atoms with Gasteiger partial charge in [0.05, 0.1) is 18.3 Å². The van der Waals surface area contributed by atoms with Crippen LogP contribution in [0.25, 0.3) is 0 Å². The predicted molar refractivity (Wildman–Crippen MR) is 52.6 cm³/mol. The van der Waals surface area contributed by atoms with Crippen molar-refractivity contribution in [2.75, 3.05) is 0 Å². The molecule has 10 heavy (non-hydrogen) atoms. The third kappa shape index (κ3) is 1.37. The summed E-state index contributed by atoms with van der Waals surface area (Å²) in [6.45, 7) is 1.96. The van der Waals surface area contributed by atoms with Crippen molar-refractivity contribution >= 4 is 34.6 Å². The highest BCUT2D eigenvalue weighted by Crippen LogP contribution is 2.24. The molecule has 0 aromatic carbocycles. The Morgan fingerprint density at radius 1 is 1.90 bits per heavy atom. The first-order chi connectivity index (χ1) is 4.79. The monoisotopic (exact) mass is 267 g/mol. The maximum atomic E-state index is 7.06. The molecule has 1 heterocycles. The van der Waals surface area contributed by atoms with E-state index >= 15 is 0 Å². The zero-order valence-corrected chi connectivity index (χ0v) is 8.58. The molecule has 0 bridgehead atoms. The molecule has 0 saturated carbocycles. The number of aryl methyl sites for hydroxylation is 1. The van der Waals surface area contributed by atoms with Crippen molar-refractivity contribution in [3.8, 4) is 0 Å². The number of halogens is 1. The molecule has 1 aromatic heterocycles. The summed E-state index contributed by atoms with van der Waals surface area (Å²) in [6, 6.07) is 0. The number of nitrogens with zero attached hydrogens (tertiary/aromatic N) is 2. The van der Waals surface area contributed by atoms with Gasteiger partial charge in [-0.05, 0) is 34.5 Å². The maximum Gasteiger partial charge on any atom is 0.0861 e. The molecule has 54 valence electrons. The molecule has 0 aliphatic rings. The van der Waals surface area contributed by atoms with Crippen molar-refractivity contribution in [3.05, 3.63) is 17.5 Å². The second kappa shape index (κ2) is 3.44. The average molecular weight is 267 g/mol. The first-order valence-corrected chi connectivity index (χ1v) is 6.77. The maximum absolute atomic E-state index is 7.06. The summed E-state index contributed by atoms with van der Waals surface area (Å²) in [6.07, 6.45) is 3.71. The molecular formula is C5H7IN3P. The van der Waals surface area contributed by atoms with Crippen LogP contribution < -0.4 is 0 Å².